The highest BCUT2D eigenvalue weighted by Gasteiger charge is 2.01. The molecule has 1 N–H and O–H groups in total. The first-order valence-corrected chi connectivity index (χ1v) is 5.05. The Hall–Kier alpha value is -0.0400. The lowest BCUT2D eigenvalue weighted by Crippen LogP contribution is -2.14. The van der Waals surface area contributed by atoms with Crippen molar-refractivity contribution in [2.45, 2.75) is 46.5 Å². The molecule has 0 aromatic rings. The summed E-state index contributed by atoms with van der Waals surface area (Å²) >= 11 is 0. The van der Waals surface area contributed by atoms with E-state index in [9.17, 15) is 0 Å². The fourth-order valence-electron chi connectivity index (χ4n) is 1.39. The first kappa shape index (κ1) is 11.0. The number of nitrogens with one attached hydrogen (secondary N) is 1. The Bertz CT molecular complexity index is 67.3. The fraction of sp³-hybridized carbons (Fsp3) is 1.00. The Morgan fingerprint density at radius 3 is 2.18 bits per heavy atom. The molecule has 0 aliphatic heterocycles. The van der Waals surface area contributed by atoms with Gasteiger partial charge in [-0.3, -0.25) is 0 Å². The molecule has 0 heterocycles. The molecule has 11 heavy (non-hydrogen) atoms. The van der Waals surface area contributed by atoms with Crippen LogP contribution in [0.2, 0.25) is 0 Å². The zero-order valence-corrected chi connectivity index (χ0v) is 8.32. The van der Waals surface area contributed by atoms with Crippen LogP contribution in [0.3, 0.4) is 0 Å². The normalized spacial score (nSPS) is 10.9. The van der Waals surface area contributed by atoms with Gasteiger partial charge in [0.2, 0.25) is 0 Å². The second-order valence-corrected chi connectivity index (χ2v) is 3.18. The van der Waals surface area contributed by atoms with Crippen LogP contribution < -0.4 is 5.32 Å². The minimum atomic E-state index is 0.966. The summed E-state index contributed by atoms with van der Waals surface area (Å²) in [5, 5.41) is 3.35. The summed E-state index contributed by atoms with van der Waals surface area (Å²) in [7, 11) is 0. The molecule has 0 radical (unpaired) electrons. The van der Waals surface area contributed by atoms with Gasteiger partial charge < -0.3 is 5.32 Å². The lowest BCUT2D eigenvalue weighted by Gasteiger charge is -2.11. The molecule has 0 aromatic carbocycles. The fourth-order valence-corrected chi connectivity index (χ4v) is 1.39. The predicted octanol–water partition coefficient (Wildman–Crippen LogP) is 2.81. The maximum absolute atomic E-state index is 3.35. The molecule has 1 nitrogen and oxygen atoms in total. The molecule has 0 saturated carbocycles. The molecule has 0 aromatic heterocycles. The van der Waals surface area contributed by atoms with E-state index < -0.39 is 0 Å². The van der Waals surface area contributed by atoms with E-state index in [1.165, 1.54) is 32.2 Å². The van der Waals surface area contributed by atoms with Crippen LogP contribution in [0.25, 0.3) is 0 Å². The quantitative estimate of drug-likeness (QED) is 0.560. The van der Waals surface area contributed by atoms with Gasteiger partial charge in [0.15, 0.2) is 0 Å². The van der Waals surface area contributed by atoms with Crippen molar-refractivity contribution in [1.82, 2.24) is 5.32 Å². The van der Waals surface area contributed by atoms with Crippen LogP contribution in [0.4, 0.5) is 0 Å². The molecule has 0 unspecified atom stereocenters. The van der Waals surface area contributed by atoms with E-state index in [0.29, 0.717) is 0 Å². The highest BCUT2D eigenvalue weighted by Crippen LogP contribution is 2.13. The average Bonchev–Trinajstić information content (AvgIpc) is 2.05. The first-order chi connectivity index (χ1) is 5.35. The van der Waals surface area contributed by atoms with Crippen LogP contribution in [0.15, 0.2) is 0 Å². The third-order valence-electron chi connectivity index (χ3n) is 2.37. The number of hydrogen-bond acceptors (Lipinski definition) is 1. The predicted molar refractivity (Wildman–Crippen MR) is 51.8 cm³/mol. The molecule has 0 bridgehead atoms. The molecule has 0 atom stereocenters. The summed E-state index contributed by atoms with van der Waals surface area (Å²) < 4.78 is 0. The van der Waals surface area contributed by atoms with E-state index in [4.69, 9.17) is 0 Å². The van der Waals surface area contributed by atoms with Gasteiger partial charge in [0, 0.05) is 0 Å². The van der Waals surface area contributed by atoms with E-state index in [2.05, 4.69) is 26.1 Å². The van der Waals surface area contributed by atoms with Gasteiger partial charge >= 0.3 is 0 Å². The Morgan fingerprint density at radius 2 is 1.73 bits per heavy atom. The lowest BCUT2D eigenvalue weighted by molar-refractivity contribution is 0.434. The molecule has 0 rings (SSSR count). The number of hydrogen-bond donors (Lipinski definition) is 1. The Balaban J connectivity index is 3.07. The second kappa shape index (κ2) is 8.06. The first-order valence-electron chi connectivity index (χ1n) is 5.05. The number of rotatable bonds is 7. The molecule has 68 valence electrons. The van der Waals surface area contributed by atoms with Gasteiger partial charge in [0.05, 0.1) is 0 Å². The summed E-state index contributed by atoms with van der Waals surface area (Å²) in [6, 6.07) is 0. The topological polar surface area (TPSA) is 12.0 Å². The van der Waals surface area contributed by atoms with Crippen molar-refractivity contribution in [1.29, 1.82) is 0 Å². The van der Waals surface area contributed by atoms with Crippen molar-refractivity contribution >= 4 is 0 Å². The van der Waals surface area contributed by atoms with Crippen LogP contribution in [-0.2, 0) is 0 Å². The second-order valence-electron chi connectivity index (χ2n) is 3.18. The van der Waals surface area contributed by atoms with Crippen LogP contribution >= 0.6 is 0 Å². The lowest BCUT2D eigenvalue weighted by atomic mass is 9.98. The van der Waals surface area contributed by atoms with E-state index >= 15 is 0 Å². The van der Waals surface area contributed by atoms with Gasteiger partial charge in [-0.25, -0.2) is 0 Å². The van der Waals surface area contributed by atoms with Crippen molar-refractivity contribution in [3.05, 3.63) is 0 Å². The van der Waals surface area contributed by atoms with Gasteiger partial charge in [0.1, 0.15) is 0 Å². The molecule has 1 heteroatoms. The third-order valence-corrected chi connectivity index (χ3v) is 2.37. The van der Waals surface area contributed by atoms with Gasteiger partial charge in [-0.05, 0) is 31.8 Å². The molecule has 0 saturated heterocycles. The molecule has 0 fully saturated rings. The van der Waals surface area contributed by atoms with Crippen molar-refractivity contribution in [2.75, 3.05) is 13.1 Å². The summed E-state index contributed by atoms with van der Waals surface area (Å²) in [5.41, 5.74) is 0. The summed E-state index contributed by atoms with van der Waals surface area (Å²) in [5.74, 6) is 0.966. The zero-order valence-electron chi connectivity index (χ0n) is 8.32. The molecular weight excluding hydrogens is 134 g/mol. The van der Waals surface area contributed by atoms with E-state index in [-0.39, 0.29) is 0 Å². The van der Waals surface area contributed by atoms with Crippen LogP contribution in [0, 0.1) is 5.92 Å². The smallest absolute Gasteiger partial charge is 0.00489 e. The van der Waals surface area contributed by atoms with Crippen LogP contribution in [-0.4, -0.2) is 13.1 Å². The average molecular weight is 157 g/mol. The van der Waals surface area contributed by atoms with Gasteiger partial charge in [0.25, 0.3) is 0 Å². The van der Waals surface area contributed by atoms with Crippen molar-refractivity contribution < 1.29 is 0 Å². The van der Waals surface area contributed by atoms with Crippen molar-refractivity contribution in [3.8, 4) is 0 Å². The SMILES string of the molecule is CCNCCCC(CC)CC. The van der Waals surface area contributed by atoms with Crippen LogP contribution in [0.1, 0.15) is 46.5 Å². The van der Waals surface area contributed by atoms with Crippen LogP contribution in [0.5, 0.6) is 0 Å². The highest BCUT2D eigenvalue weighted by molar-refractivity contribution is 4.55. The third kappa shape index (κ3) is 6.36. The molecule has 0 amide bonds. The largest absolute Gasteiger partial charge is 0.317 e. The van der Waals surface area contributed by atoms with Crippen molar-refractivity contribution in [2.24, 2.45) is 5.92 Å². The van der Waals surface area contributed by atoms with Gasteiger partial charge in [-0.2, -0.15) is 0 Å². The van der Waals surface area contributed by atoms with E-state index in [1.807, 2.05) is 0 Å². The van der Waals surface area contributed by atoms with Gasteiger partial charge in [-0.15, -0.1) is 0 Å². The maximum atomic E-state index is 3.35. The standard InChI is InChI=1S/C10H23N/c1-4-10(5-2)8-7-9-11-6-3/h10-11H,4-9H2,1-3H3. The minimum Gasteiger partial charge on any atom is -0.317 e. The zero-order chi connectivity index (χ0) is 8.53. The summed E-state index contributed by atoms with van der Waals surface area (Å²) in [4.78, 5) is 0. The minimum absolute atomic E-state index is 0.966. The Labute approximate surface area is 71.6 Å². The maximum Gasteiger partial charge on any atom is -0.00489 e. The summed E-state index contributed by atoms with van der Waals surface area (Å²) in [6.07, 6.45) is 5.45. The monoisotopic (exact) mass is 157 g/mol. The van der Waals surface area contributed by atoms with E-state index in [1.54, 1.807) is 0 Å². The van der Waals surface area contributed by atoms with E-state index in [0.717, 1.165) is 12.5 Å². The summed E-state index contributed by atoms with van der Waals surface area (Å²) in [6.45, 7) is 9.07. The Morgan fingerprint density at radius 1 is 1.09 bits per heavy atom. The molecular formula is C10H23N. The Kier molecular flexibility index (Phi) is 8.03. The molecule has 0 aliphatic rings. The highest BCUT2D eigenvalue weighted by atomic mass is 14.8. The van der Waals surface area contributed by atoms with Gasteiger partial charge in [-0.1, -0.05) is 33.6 Å². The van der Waals surface area contributed by atoms with Crippen molar-refractivity contribution in [3.63, 3.8) is 0 Å². The molecule has 0 spiro atoms. The molecule has 0 aliphatic carbocycles.